The number of rotatable bonds is 4. The Labute approximate surface area is 138 Å². The molecule has 0 bridgehead atoms. The van der Waals surface area contributed by atoms with Crippen molar-refractivity contribution in [1.29, 1.82) is 0 Å². The van der Waals surface area contributed by atoms with Crippen LogP contribution in [0.4, 0.5) is 10.7 Å². The topological polar surface area (TPSA) is 88.3 Å². The number of benzene rings is 1. The lowest BCUT2D eigenvalue weighted by Gasteiger charge is -2.45. The number of para-hydroxylation sites is 1. The summed E-state index contributed by atoms with van der Waals surface area (Å²) in [6.45, 7) is 4.44. The second-order valence-corrected chi connectivity index (χ2v) is 6.91. The average molecular weight is 330 g/mol. The number of aryl methyl sites for hydroxylation is 1. The molecule has 1 saturated heterocycles. The standard InChI is InChI=1S/C16H18N4O2S/c1-10-5-3-4-6-11(10)19-13-12(18-9-23-13)14(21)20-7-16(2,8-20)15(17)22/h3-6,9,19H,7-8H2,1-2H3,(H2,17,22). The van der Waals surface area contributed by atoms with Gasteiger partial charge in [-0.1, -0.05) is 18.2 Å². The molecule has 23 heavy (non-hydrogen) atoms. The fraction of sp³-hybridized carbons (Fsp3) is 0.312. The molecule has 0 saturated carbocycles. The number of primary amides is 1. The molecular weight excluding hydrogens is 312 g/mol. The number of carbonyl (C=O) groups is 2. The molecule has 0 aliphatic carbocycles. The zero-order valence-corrected chi connectivity index (χ0v) is 13.8. The highest BCUT2D eigenvalue weighted by Gasteiger charge is 2.46. The minimum atomic E-state index is -0.630. The van der Waals surface area contributed by atoms with Gasteiger partial charge in [0.25, 0.3) is 5.91 Å². The molecule has 1 fully saturated rings. The first-order valence-electron chi connectivity index (χ1n) is 7.26. The van der Waals surface area contributed by atoms with Gasteiger partial charge in [-0.25, -0.2) is 4.98 Å². The molecule has 0 unspecified atom stereocenters. The molecule has 2 amide bonds. The Morgan fingerprint density at radius 2 is 2.04 bits per heavy atom. The van der Waals surface area contributed by atoms with E-state index in [9.17, 15) is 9.59 Å². The lowest BCUT2D eigenvalue weighted by atomic mass is 9.81. The van der Waals surface area contributed by atoms with Gasteiger partial charge in [0, 0.05) is 18.8 Å². The van der Waals surface area contributed by atoms with Gasteiger partial charge in [-0.2, -0.15) is 0 Å². The van der Waals surface area contributed by atoms with Crippen molar-refractivity contribution in [2.24, 2.45) is 11.1 Å². The number of hydrogen-bond acceptors (Lipinski definition) is 5. The Bertz CT molecular complexity index is 765. The third kappa shape index (κ3) is 2.79. The number of likely N-dealkylation sites (tertiary alicyclic amines) is 1. The van der Waals surface area contributed by atoms with Gasteiger partial charge >= 0.3 is 0 Å². The number of carbonyl (C=O) groups excluding carboxylic acids is 2. The predicted molar refractivity (Wildman–Crippen MR) is 89.8 cm³/mol. The smallest absolute Gasteiger partial charge is 0.275 e. The molecule has 0 atom stereocenters. The summed E-state index contributed by atoms with van der Waals surface area (Å²) >= 11 is 1.38. The summed E-state index contributed by atoms with van der Waals surface area (Å²) in [6.07, 6.45) is 0. The summed E-state index contributed by atoms with van der Waals surface area (Å²) in [5.41, 5.74) is 8.78. The van der Waals surface area contributed by atoms with Gasteiger partial charge in [-0.3, -0.25) is 9.59 Å². The van der Waals surface area contributed by atoms with E-state index in [-0.39, 0.29) is 11.8 Å². The van der Waals surface area contributed by atoms with E-state index in [0.29, 0.717) is 23.8 Å². The summed E-state index contributed by atoms with van der Waals surface area (Å²) in [6, 6.07) is 7.85. The summed E-state index contributed by atoms with van der Waals surface area (Å²) in [4.78, 5) is 29.7. The number of amides is 2. The van der Waals surface area contributed by atoms with Crippen LogP contribution in [-0.2, 0) is 4.79 Å². The van der Waals surface area contributed by atoms with Crippen LogP contribution in [0.1, 0.15) is 23.0 Å². The fourth-order valence-electron chi connectivity index (χ4n) is 2.57. The maximum Gasteiger partial charge on any atom is 0.275 e. The van der Waals surface area contributed by atoms with Crippen molar-refractivity contribution in [1.82, 2.24) is 9.88 Å². The molecule has 0 spiro atoms. The number of aromatic nitrogens is 1. The van der Waals surface area contributed by atoms with E-state index >= 15 is 0 Å². The van der Waals surface area contributed by atoms with E-state index in [1.165, 1.54) is 11.3 Å². The van der Waals surface area contributed by atoms with Crippen molar-refractivity contribution in [3.63, 3.8) is 0 Å². The average Bonchev–Trinajstić information content (AvgIpc) is 2.93. The van der Waals surface area contributed by atoms with Gasteiger partial charge in [0.2, 0.25) is 5.91 Å². The van der Waals surface area contributed by atoms with Gasteiger partial charge < -0.3 is 16.0 Å². The van der Waals surface area contributed by atoms with E-state index < -0.39 is 5.41 Å². The Morgan fingerprint density at radius 3 is 2.70 bits per heavy atom. The van der Waals surface area contributed by atoms with E-state index in [0.717, 1.165) is 11.3 Å². The number of nitrogens with one attached hydrogen (secondary N) is 1. The van der Waals surface area contributed by atoms with Crippen LogP contribution in [0.25, 0.3) is 0 Å². The Kier molecular flexibility index (Phi) is 3.81. The van der Waals surface area contributed by atoms with Gasteiger partial charge in [0.1, 0.15) is 5.00 Å². The normalized spacial score (nSPS) is 15.8. The Morgan fingerprint density at radius 1 is 1.35 bits per heavy atom. The molecule has 120 valence electrons. The predicted octanol–water partition coefficient (Wildman–Crippen LogP) is 2.14. The van der Waals surface area contributed by atoms with E-state index in [1.807, 2.05) is 31.2 Å². The zero-order valence-electron chi connectivity index (χ0n) is 13.0. The summed E-state index contributed by atoms with van der Waals surface area (Å²) in [5.74, 6) is -0.556. The zero-order chi connectivity index (χ0) is 16.6. The Hall–Kier alpha value is -2.41. The quantitative estimate of drug-likeness (QED) is 0.899. The van der Waals surface area contributed by atoms with Gasteiger partial charge in [-0.15, -0.1) is 11.3 Å². The number of anilines is 2. The van der Waals surface area contributed by atoms with Gasteiger partial charge in [0.05, 0.1) is 10.9 Å². The monoisotopic (exact) mass is 330 g/mol. The largest absolute Gasteiger partial charge is 0.369 e. The van der Waals surface area contributed by atoms with Crippen molar-refractivity contribution in [3.8, 4) is 0 Å². The third-order valence-corrected chi connectivity index (χ3v) is 4.87. The molecule has 0 radical (unpaired) electrons. The van der Waals surface area contributed by atoms with Gasteiger partial charge in [-0.05, 0) is 25.5 Å². The van der Waals surface area contributed by atoms with Crippen LogP contribution < -0.4 is 11.1 Å². The lowest BCUT2D eigenvalue weighted by Crippen LogP contribution is -2.62. The van der Waals surface area contributed by atoms with E-state index in [1.54, 1.807) is 17.3 Å². The first-order valence-corrected chi connectivity index (χ1v) is 8.14. The number of thiazole rings is 1. The van der Waals surface area contributed by atoms with Crippen molar-refractivity contribution in [3.05, 3.63) is 41.0 Å². The summed E-state index contributed by atoms with van der Waals surface area (Å²) in [7, 11) is 0. The molecule has 7 heteroatoms. The van der Waals surface area contributed by atoms with E-state index in [4.69, 9.17) is 5.73 Å². The van der Waals surface area contributed by atoms with Gasteiger partial charge in [0.15, 0.2) is 5.69 Å². The highest BCUT2D eigenvalue weighted by atomic mass is 32.1. The number of nitrogens with two attached hydrogens (primary N) is 1. The lowest BCUT2D eigenvalue weighted by molar-refractivity contribution is -0.134. The van der Waals surface area contributed by atoms with Crippen molar-refractivity contribution < 1.29 is 9.59 Å². The molecule has 1 aliphatic heterocycles. The highest BCUT2D eigenvalue weighted by Crippen LogP contribution is 2.33. The van der Waals surface area contributed by atoms with Crippen LogP contribution in [0.5, 0.6) is 0 Å². The minimum Gasteiger partial charge on any atom is -0.369 e. The van der Waals surface area contributed by atoms with Crippen LogP contribution in [-0.4, -0.2) is 34.8 Å². The van der Waals surface area contributed by atoms with Crippen molar-refractivity contribution in [2.45, 2.75) is 13.8 Å². The highest BCUT2D eigenvalue weighted by molar-refractivity contribution is 7.14. The summed E-state index contributed by atoms with van der Waals surface area (Å²) in [5, 5.41) is 3.97. The van der Waals surface area contributed by atoms with Crippen molar-refractivity contribution >= 4 is 33.8 Å². The van der Waals surface area contributed by atoms with Crippen molar-refractivity contribution in [2.75, 3.05) is 18.4 Å². The second-order valence-electron chi connectivity index (χ2n) is 6.06. The van der Waals surface area contributed by atoms with Crippen LogP contribution in [0.15, 0.2) is 29.8 Å². The molecule has 6 nitrogen and oxygen atoms in total. The SMILES string of the molecule is Cc1ccccc1Nc1scnc1C(=O)N1CC(C)(C(N)=O)C1. The molecular formula is C16H18N4O2S. The third-order valence-electron chi connectivity index (χ3n) is 4.13. The molecule has 1 aliphatic rings. The first-order chi connectivity index (χ1) is 10.9. The number of nitrogens with zero attached hydrogens (tertiary/aromatic N) is 2. The maximum atomic E-state index is 12.6. The minimum absolute atomic E-state index is 0.180. The van der Waals surface area contributed by atoms with E-state index in [2.05, 4.69) is 10.3 Å². The molecule has 1 aromatic heterocycles. The van der Waals surface area contributed by atoms with Crippen LogP contribution in [0, 0.1) is 12.3 Å². The maximum absolute atomic E-state index is 12.6. The molecule has 3 N–H and O–H groups in total. The van der Waals surface area contributed by atoms with Crippen LogP contribution >= 0.6 is 11.3 Å². The fourth-order valence-corrected chi connectivity index (χ4v) is 3.25. The molecule has 3 rings (SSSR count). The Balaban J connectivity index is 1.76. The first kappa shape index (κ1) is 15.5. The number of hydrogen-bond donors (Lipinski definition) is 2. The van der Waals surface area contributed by atoms with Crippen LogP contribution in [0.3, 0.4) is 0 Å². The molecule has 2 aromatic rings. The second kappa shape index (κ2) is 5.66. The summed E-state index contributed by atoms with van der Waals surface area (Å²) < 4.78 is 0. The van der Waals surface area contributed by atoms with Crippen LogP contribution in [0.2, 0.25) is 0 Å². The molecule has 1 aromatic carbocycles. The molecule has 2 heterocycles.